The fourth-order valence-corrected chi connectivity index (χ4v) is 1.74. The van der Waals surface area contributed by atoms with Crippen molar-refractivity contribution in [3.63, 3.8) is 0 Å². The summed E-state index contributed by atoms with van der Waals surface area (Å²) < 4.78 is 23.3. The molecule has 0 unspecified atom stereocenters. The number of aliphatic imine (C=N–C) groups is 1. The number of hydrogen-bond acceptors (Lipinski definition) is 3. The molecule has 0 fully saturated rings. The number of ether oxygens (including phenoxy) is 2. The molecule has 2 N–H and O–H groups in total. The lowest BCUT2D eigenvalue weighted by Crippen LogP contribution is -2.39. The van der Waals surface area contributed by atoms with Gasteiger partial charge in [-0.15, -0.1) is 0 Å². The first-order chi connectivity index (χ1) is 10.8. The molecule has 5 nitrogen and oxygen atoms in total. The van der Waals surface area contributed by atoms with Crippen molar-refractivity contribution >= 4 is 5.96 Å². The predicted octanol–water partition coefficient (Wildman–Crippen LogP) is 2.19. The van der Waals surface area contributed by atoms with Gasteiger partial charge >= 0.3 is 0 Å². The van der Waals surface area contributed by atoms with Crippen molar-refractivity contribution in [3.05, 3.63) is 30.1 Å². The van der Waals surface area contributed by atoms with Gasteiger partial charge in [-0.1, -0.05) is 0 Å². The van der Waals surface area contributed by atoms with Gasteiger partial charge in [0, 0.05) is 26.7 Å². The standard InChI is InChI=1S/C16H26FN3O2/c1-3-18-16(20-11-13-21-2)19-10-4-5-12-22-15-8-6-14(17)7-9-15/h6-9H,3-5,10-13H2,1-2H3,(H2,18,19,20). The van der Waals surface area contributed by atoms with Gasteiger partial charge in [0.05, 0.1) is 13.2 Å². The van der Waals surface area contributed by atoms with E-state index < -0.39 is 0 Å². The minimum atomic E-state index is -0.251. The van der Waals surface area contributed by atoms with E-state index in [4.69, 9.17) is 9.47 Å². The van der Waals surface area contributed by atoms with Gasteiger partial charge in [-0.25, -0.2) is 4.39 Å². The quantitative estimate of drug-likeness (QED) is 0.395. The molecule has 6 heteroatoms. The van der Waals surface area contributed by atoms with Crippen molar-refractivity contribution in [2.45, 2.75) is 19.8 Å². The van der Waals surface area contributed by atoms with Crippen molar-refractivity contribution in [1.82, 2.24) is 10.6 Å². The van der Waals surface area contributed by atoms with E-state index in [9.17, 15) is 4.39 Å². The molecule has 0 bridgehead atoms. The van der Waals surface area contributed by atoms with Crippen LogP contribution in [0.3, 0.4) is 0 Å². The number of rotatable bonds is 10. The number of nitrogens with zero attached hydrogens (tertiary/aromatic N) is 1. The van der Waals surface area contributed by atoms with Crippen LogP contribution >= 0.6 is 0 Å². The summed E-state index contributed by atoms with van der Waals surface area (Å²) in [6.07, 6.45) is 1.83. The van der Waals surface area contributed by atoms with E-state index in [1.54, 1.807) is 19.2 Å². The Hall–Kier alpha value is -1.82. The molecular formula is C16H26FN3O2. The maximum atomic E-state index is 12.7. The highest BCUT2D eigenvalue weighted by atomic mass is 19.1. The molecule has 22 heavy (non-hydrogen) atoms. The number of unbranched alkanes of at least 4 members (excludes halogenated alkanes) is 1. The second-order valence-corrected chi connectivity index (χ2v) is 4.69. The van der Waals surface area contributed by atoms with Crippen molar-refractivity contribution in [2.24, 2.45) is 4.99 Å². The number of guanidine groups is 1. The van der Waals surface area contributed by atoms with Crippen LogP contribution in [0.1, 0.15) is 19.8 Å². The van der Waals surface area contributed by atoms with Crippen molar-refractivity contribution < 1.29 is 13.9 Å². The molecule has 0 saturated carbocycles. The summed E-state index contributed by atoms with van der Waals surface area (Å²) in [6, 6.07) is 6.06. The summed E-state index contributed by atoms with van der Waals surface area (Å²) >= 11 is 0. The van der Waals surface area contributed by atoms with Crippen LogP contribution in [0.15, 0.2) is 29.3 Å². The van der Waals surface area contributed by atoms with Gasteiger partial charge in [0.25, 0.3) is 0 Å². The van der Waals surface area contributed by atoms with Crippen LogP contribution in [0.5, 0.6) is 5.75 Å². The van der Waals surface area contributed by atoms with Crippen LogP contribution in [-0.4, -0.2) is 45.9 Å². The third-order valence-electron chi connectivity index (χ3n) is 2.85. The van der Waals surface area contributed by atoms with Crippen LogP contribution < -0.4 is 15.4 Å². The normalized spacial score (nSPS) is 11.3. The molecule has 0 aliphatic rings. The number of halogens is 1. The van der Waals surface area contributed by atoms with E-state index in [-0.39, 0.29) is 5.82 Å². The Balaban J connectivity index is 2.15. The van der Waals surface area contributed by atoms with Gasteiger partial charge in [-0.2, -0.15) is 0 Å². The second-order valence-electron chi connectivity index (χ2n) is 4.69. The molecular weight excluding hydrogens is 285 g/mol. The van der Waals surface area contributed by atoms with Crippen molar-refractivity contribution in [3.8, 4) is 5.75 Å². The molecule has 0 atom stereocenters. The molecule has 0 heterocycles. The highest BCUT2D eigenvalue weighted by molar-refractivity contribution is 5.79. The summed E-state index contributed by atoms with van der Waals surface area (Å²) in [5.41, 5.74) is 0. The van der Waals surface area contributed by atoms with E-state index in [1.165, 1.54) is 12.1 Å². The topological polar surface area (TPSA) is 54.9 Å². The Labute approximate surface area is 131 Å². The molecule has 0 saturated heterocycles. The fourth-order valence-electron chi connectivity index (χ4n) is 1.74. The highest BCUT2D eigenvalue weighted by Crippen LogP contribution is 2.11. The van der Waals surface area contributed by atoms with Gasteiger partial charge in [0.15, 0.2) is 5.96 Å². The molecule has 0 aromatic heterocycles. The zero-order valence-electron chi connectivity index (χ0n) is 13.4. The second kappa shape index (κ2) is 11.8. The lowest BCUT2D eigenvalue weighted by molar-refractivity contribution is 0.203. The summed E-state index contributed by atoms with van der Waals surface area (Å²) in [4.78, 5) is 4.48. The van der Waals surface area contributed by atoms with Crippen LogP contribution in [-0.2, 0) is 4.74 Å². The van der Waals surface area contributed by atoms with Gasteiger partial charge in [0.1, 0.15) is 11.6 Å². The predicted molar refractivity (Wildman–Crippen MR) is 87.0 cm³/mol. The zero-order chi connectivity index (χ0) is 16.0. The average molecular weight is 311 g/mol. The first-order valence-corrected chi connectivity index (χ1v) is 7.65. The molecule has 0 amide bonds. The molecule has 1 rings (SSSR count). The summed E-state index contributed by atoms with van der Waals surface area (Å²) in [7, 11) is 1.67. The lowest BCUT2D eigenvalue weighted by atomic mass is 10.3. The number of hydrogen-bond donors (Lipinski definition) is 2. The largest absolute Gasteiger partial charge is 0.494 e. The molecule has 0 aliphatic heterocycles. The van der Waals surface area contributed by atoms with Gasteiger partial charge in [-0.05, 0) is 44.0 Å². The Morgan fingerprint density at radius 1 is 1.14 bits per heavy atom. The maximum Gasteiger partial charge on any atom is 0.191 e. The number of methoxy groups -OCH3 is 1. The van der Waals surface area contributed by atoms with E-state index in [2.05, 4.69) is 15.6 Å². The van der Waals surface area contributed by atoms with Gasteiger partial charge in [0.2, 0.25) is 0 Å². The van der Waals surface area contributed by atoms with Crippen molar-refractivity contribution in [2.75, 3.05) is 40.0 Å². The summed E-state index contributed by atoms with van der Waals surface area (Å²) in [6.45, 7) is 5.58. The molecule has 0 aliphatic carbocycles. The zero-order valence-corrected chi connectivity index (χ0v) is 13.4. The molecule has 1 aromatic carbocycles. The van der Waals surface area contributed by atoms with Crippen LogP contribution in [0.2, 0.25) is 0 Å². The van der Waals surface area contributed by atoms with Crippen molar-refractivity contribution in [1.29, 1.82) is 0 Å². The van der Waals surface area contributed by atoms with Crippen LogP contribution in [0.4, 0.5) is 4.39 Å². The number of nitrogens with one attached hydrogen (secondary N) is 2. The minimum Gasteiger partial charge on any atom is -0.494 e. The Morgan fingerprint density at radius 2 is 1.91 bits per heavy atom. The Bertz CT molecular complexity index is 424. The summed E-state index contributed by atoms with van der Waals surface area (Å²) in [5.74, 6) is 1.25. The SMILES string of the molecule is CCNC(=NCCCCOc1ccc(F)cc1)NCCOC. The van der Waals surface area contributed by atoms with E-state index in [0.29, 0.717) is 19.0 Å². The summed E-state index contributed by atoms with van der Waals surface area (Å²) in [5, 5.41) is 6.37. The number of benzene rings is 1. The molecule has 0 radical (unpaired) electrons. The minimum absolute atomic E-state index is 0.251. The van der Waals surface area contributed by atoms with Crippen LogP contribution in [0.25, 0.3) is 0 Å². The average Bonchev–Trinajstić information content (AvgIpc) is 2.52. The molecule has 0 spiro atoms. The van der Waals surface area contributed by atoms with E-state index in [0.717, 1.165) is 38.4 Å². The van der Waals surface area contributed by atoms with E-state index >= 15 is 0 Å². The first kappa shape index (κ1) is 18.2. The van der Waals surface area contributed by atoms with Gasteiger partial charge < -0.3 is 20.1 Å². The third kappa shape index (κ3) is 8.46. The Kier molecular flexibility index (Phi) is 9.78. The first-order valence-electron chi connectivity index (χ1n) is 7.65. The smallest absolute Gasteiger partial charge is 0.191 e. The molecule has 1 aromatic rings. The molecule has 124 valence electrons. The Morgan fingerprint density at radius 3 is 2.59 bits per heavy atom. The maximum absolute atomic E-state index is 12.7. The third-order valence-corrected chi connectivity index (χ3v) is 2.85. The van der Waals surface area contributed by atoms with Gasteiger partial charge in [-0.3, -0.25) is 4.99 Å². The fraction of sp³-hybridized carbons (Fsp3) is 0.562. The monoisotopic (exact) mass is 311 g/mol. The van der Waals surface area contributed by atoms with E-state index in [1.807, 2.05) is 6.92 Å². The van der Waals surface area contributed by atoms with Crippen LogP contribution in [0, 0.1) is 5.82 Å². The highest BCUT2D eigenvalue weighted by Gasteiger charge is 1.97. The lowest BCUT2D eigenvalue weighted by Gasteiger charge is -2.10.